The number of hydrogen-bond acceptors (Lipinski definition) is 6. The number of anilines is 2. The molecule has 2 aromatic carbocycles. The SMILES string of the molecule is COc1ccc(OC)c(CC(=O)NC2CCC(Nc3cc(N(C)C)c4ccccc4n3)CC2)c1. The first kappa shape index (κ1) is 23.7. The van der Waals surface area contributed by atoms with Gasteiger partial charge < -0.3 is 25.0 Å². The summed E-state index contributed by atoms with van der Waals surface area (Å²) in [6.45, 7) is 0. The van der Waals surface area contributed by atoms with Crippen LogP contribution in [0.3, 0.4) is 0 Å². The molecule has 1 aliphatic rings. The molecule has 0 aliphatic heterocycles. The smallest absolute Gasteiger partial charge is 0.224 e. The molecule has 180 valence electrons. The number of fused-ring (bicyclic) bond motifs is 1. The molecule has 0 saturated heterocycles. The molecule has 0 radical (unpaired) electrons. The highest BCUT2D eigenvalue weighted by Crippen LogP contribution is 2.29. The summed E-state index contributed by atoms with van der Waals surface area (Å²) in [4.78, 5) is 19.7. The Labute approximate surface area is 201 Å². The van der Waals surface area contributed by atoms with Gasteiger partial charge in [0.1, 0.15) is 17.3 Å². The van der Waals surface area contributed by atoms with Crippen molar-refractivity contribution < 1.29 is 14.3 Å². The predicted octanol–water partition coefficient (Wildman–Crippen LogP) is 4.40. The lowest BCUT2D eigenvalue weighted by molar-refractivity contribution is -0.121. The Morgan fingerprint density at radius 2 is 1.74 bits per heavy atom. The predicted molar refractivity (Wildman–Crippen MR) is 137 cm³/mol. The van der Waals surface area contributed by atoms with Crippen molar-refractivity contribution in [2.75, 3.05) is 38.5 Å². The lowest BCUT2D eigenvalue weighted by atomic mass is 9.91. The van der Waals surface area contributed by atoms with Crippen LogP contribution in [0.15, 0.2) is 48.5 Å². The highest BCUT2D eigenvalue weighted by molar-refractivity contribution is 5.93. The van der Waals surface area contributed by atoms with E-state index in [-0.39, 0.29) is 18.4 Å². The first-order valence-electron chi connectivity index (χ1n) is 11.8. The van der Waals surface area contributed by atoms with Gasteiger partial charge in [-0.2, -0.15) is 0 Å². The number of hydrogen-bond donors (Lipinski definition) is 2. The first-order valence-corrected chi connectivity index (χ1v) is 11.8. The Morgan fingerprint density at radius 1 is 1.00 bits per heavy atom. The van der Waals surface area contributed by atoms with E-state index >= 15 is 0 Å². The third-order valence-corrected chi connectivity index (χ3v) is 6.46. The van der Waals surface area contributed by atoms with Crippen LogP contribution in [-0.2, 0) is 11.2 Å². The molecule has 1 amide bonds. The number of ether oxygens (including phenoxy) is 2. The van der Waals surface area contributed by atoms with Crippen molar-refractivity contribution in [3.8, 4) is 11.5 Å². The summed E-state index contributed by atoms with van der Waals surface area (Å²) in [7, 11) is 7.34. The summed E-state index contributed by atoms with van der Waals surface area (Å²) in [6.07, 6.45) is 4.12. The van der Waals surface area contributed by atoms with E-state index in [0.717, 1.165) is 59.4 Å². The van der Waals surface area contributed by atoms with E-state index in [4.69, 9.17) is 14.5 Å². The van der Waals surface area contributed by atoms with Gasteiger partial charge in [0, 0.05) is 48.9 Å². The quantitative estimate of drug-likeness (QED) is 0.517. The van der Waals surface area contributed by atoms with E-state index in [1.807, 2.05) is 30.3 Å². The van der Waals surface area contributed by atoms with Crippen molar-refractivity contribution in [2.45, 2.75) is 44.2 Å². The first-order chi connectivity index (χ1) is 16.5. The molecule has 1 fully saturated rings. The van der Waals surface area contributed by atoms with Gasteiger partial charge in [-0.3, -0.25) is 4.79 Å². The second kappa shape index (κ2) is 10.6. The minimum atomic E-state index is 0.00906. The Bertz CT molecular complexity index is 1140. The van der Waals surface area contributed by atoms with Crippen LogP contribution in [0.5, 0.6) is 11.5 Å². The molecular formula is C27H34N4O3. The van der Waals surface area contributed by atoms with Crippen LogP contribution in [0.2, 0.25) is 0 Å². The highest BCUT2D eigenvalue weighted by atomic mass is 16.5. The van der Waals surface area contributed by atoms with E-state index < -0.39 is 0 Å². The zero-order valence-electron chi connectivity index (χ0n) is 20.4. The molecular weight excluding hydrogens is 428 g/mol. The van der Waals surface area contributed by atoms with Crippen molar-refractivity contribution in [3.05, 3.63) is 54.1 Å². The average Bonchev–Trinajstić information content (AvgIpc) is 2.84. The molecule has 0 bridgehead atoms. The lowest BCUT2D eigenvalue weighted by Gasteiger charge is -2.30. The van der Waals surface area contributed by atoms with Crippen LogP contribution in [-0.4, -0.2) is 51.3 Å². The summed E-state index contributed by atoms with van der Waals surface area (Å²) in [5.74, 6) is 2.33. The Morgan fingerprint density at radius 3 is 2.44 bits per heavy atom. The molecule has 4 rings (SSSR count). The van der Waals surface area contributed by atoms with E-state index in [2.05, 4.69) is 47.8 Å². The number of pyridine rings is 1. The Kier molecular flexibility index (Phi) is 7.40. The van der Waals surface area contributed by atoms with Crippen molar-refractivity contribution >= 4 is 28.3 Å². The van der Waals surface area contributed by atoms with Gasteiger partial charge in [0.25, 0.3) is 0 Å². The van der Waals surface area contributed by atoms with Crippen LogP contribution in [0.1, 0.15) is 31.2 Å². The van der Waals surface area contributed by atoms with Crippen molar-refractivity contribution in [1.29, 1.82) is 0 Å². The third-order valence-electron chi connectivity index (χ3n) is 6.46. The number of aromatic nitrogens is 1. The van der Waals surface area contributed by atoms with Gasteiger partial charge in [-0.05, 0) is 49.9 Å². The van der Waals surface area contributed by atoms with Crippen molar-refractivity contribution in [2.24, 2.45) is 0 Å². The van der Waals surface area contributed by atoms with Crippen LogP contribution in [0.25, 0.3) is 10.9 Å². The number of methoxy groups -OCH3 is 2. The maximum absolute atomic E-state index is 12.7. The van der Waals surface area contributed by atoms with Gasteiger partial charge in [0.15, 0.2) is 0 Å². The third kappa shape index (κ3) is 5.53. The van der Waals surface area contributed by atoms with E-state index in [1.54, 1.807) is 14.2 Å². The fourth-order valence-corrected chi connectivity index (χ4v) is 4.66. The zero-order chi connectivity index (χ0) is 24.1. The van der Waals surface area contributed by atoms with Crippen molar-refractivity contribution in [3.63, 3.8) is 0 Å². The second-order valence-corrected chi connectivity index (χ2v) is 9.05. The normalized spacial score (nSPS) is 17.8. The molecule has 1 aromatic heterocycles. The summed E-state index contributed by atoms with van der Waals surface area (Å²) < 4.78 is 10.7. The summed E-state index contributed by atoms with van der Waals surface area (Å²) in [5.41, 5.74) is 2.97. The number of rotatable bonds is 8. The van der Waals surface area contributed by atoms with Crippen LogP contribution in [0, 0.1) is 0 Å². The monoisotopic (exact) mass is 462 g/mol. The van der Waals surface area contributed by atoms with Gasteiger partial charge in [-0.25, -0.2) is 4.98 Å². The summed E-state index contributed by atoms with van der Waals surface area (Å²) in [6, 6.07) is 16.4. The van der Waals surface area contributed by atoms with Crippen LogP contribution < -0.4 is 25.0 Å². The average molecular weight is 463 g/mol. The molecule has 0 atom stereocenters. The fraction of sp³-hybridized carbons (Fsp3) is 0.407. The molecule has 3 aromatic rings. The van der Waals surface area contributed by atoms with Gasteiger partial charge in [-0.1, -0.05) is 18.2 Å². The largest absolute Gasteiger partial charge is 0.497 e. The highest BCUT2D eigenvalue weighted by Gasteiger charge is 2.23. The number of carbonyl (C=O) groups excluding carboxylic acids is 1. The maximum Gasteiger partial charge on any atom is 0.224 e. The maximum atomic E-state index is 12.7. The zero-order valence-corrected chi connectivity index (χ0v) is 20.4. The number of benzene rings is 2. The molecule has 0 spiro atoms. The topological polar surface area (TPSA) is 75.7 Å². The van der Waals surface area contributed by atoms with E-state index in [1.165, 1.54) is 0 Å². The van der Waals surface area contributed by atoms with E-state index in [0.29, 0.717) is 11.8 Å². The van der Waals surface area contributed by atoms with Gasteiger partial charge in [-0.15, -0.1) is 0 Å². The van der Waals surface area contributed by atoms with E-state index in [9.17, 15) is 4.79 Å². The number of nitrogens with one attached hydrogen (secondary N) is 2. The number of amides is 1. The van der Waals surface area contributed by atoms with Gasteiger partial charge in [0.05, 0.1) is 26.2 Å². The second-order valence-electron chi connectivity index (χ2n) is 9.05. The number of para-hydroxylation sites is 1. The number of nitrogens with zero attached hydrogens (tertiary/aromatic N) is 2. The van der Waals surface area contributed by atoms with Crippen LogP contribution >= 0.6 is 0 Å². The lowest BCUT2D eigenvalue weighted by Crippen LogP contribution is -2.40. The molecule has 7 heteroatoms. The summed E-state index contributed by atoms with van der Waals surface area (Å²) in [5, 5.41) is 7.98. The molecule has 34 heavy (non-hydrogen) atoms. The van der Waals surface area contributed by atoms with Gasteiger partial charge in [0.2, 0.25) is 5.91 Å². The molecule has 1 aliphatic carbocycles. The molecule has 1 saturated carbocycles. The summed E-state index contributed by atoms with van der Waals surface area (Å²) >= 11 is 0. The van der Waals surface area contributed by atoms with Crippen LogP contribution in [0.4, 0.5) is 11.5 Å². The minimum absolute atomic E-state index is 0.00906. The molecule has 1 heterocycles. The Balaban J connectivity index is 1.33. The standard InChI is InChI=1S/C27H34N4O3/c1-31(2)24-17-26(30-23-8-6-5-7-22(23)24)28-19-9-11-20(12-10-19)29-27(32)16-18-15-21(33-3)13-14-25(18)34-4/h5-8,13-15,17,19-20H,9-12,16H2,1-4H3,(H,28,30)(H,29,32). The minimum Gasteiger partial charge on any atom is -0.497 e. The van der Waals surface area contributed by atoms with Crippen molar-refractivity contribution in [1.82, 2.24) is 10.3 Å². The Hall–Kier alpha value is -3.48. The van der Waals surface area contributed by atoms with Gasteiger partial charge >= 0.3 is 0 Å². The molecule has 0 unspecified atom stereocenters. The molecule has 2 N–H and O–H groups in total. The number of carbonyl (C=O) groups is 1. The molecule has 7 nitrogen and oxygen atoms in total. The fourth-order valence-electron chi connectivity index (χ4n) is 4.66.